The van der Waals surface area contributed by atoms with Crippen LogP contribution in [0.25, 0.3) is 22.2 Å². The lowest BCUT2D eigenvalue weighted by molar-refractivity contribution is -0.170. The van der Waals surface area contributed by atoms with Gasteiger partial charge in [0.2, 0.25) is 5.91 Å². The molecule has 1 aromatic heterocycles. The lowest BCUT2D eigenvalue weighted by Crippen LogP contribution is -2.47. The van der Waals surface area contributed by atoms with Gasteiger partial charge in [-0.2, -0.15) is 5.26 Å². The summed E-state index contributed by atoms with van der Waals surface area (Å²) in [6.07, 6.45) is 3.36. The van der Waals surface area contributed by atoms with Gasteiger partial charge < -0.3 is 9.64 Å². The summed E-state index contributed by atoms with van der Waals surface area (Å²) in [7, 11) is 0. The van der Waals surface area contributed by atoms with Crippen molar-refractivity contribution in [3.8, 4) is 17.3 Å². The third kappa shape index (κ3) is 7.44. The van der Waals surface area contributed by atoms with Crippen LogP contribution in [0.1, 0.15) is 84.8 Å². The first kappa shape index (κ1) is 29.8. The average Bonchev–Trinajstić information content (AvgIpc) is 2.92. The lowest BCUT2D eigenvalue weighted by atomic mass is 9.81. The molecule has 3 aromatic rings. The number of ether oxygens (including phenoxy) is 1. The van der Waals surface area contributed by atoms with Crippen LogP contribution in [-0.2, 0) is 20.9 Å². The normalized spacial score (nSPS) is 11.7. The monoisotopic (exact) mass is 527 g/mol. The van der Waals surface area contributed by atoms with E-state index in [2.05, 4.69) is 19.1 Å². The molecule has 1 heterocycles. The van der Waals surface area contributed by atoms with Crippen molar-refractivity contribution in [2.24, 2.45) is 5.41 Å². The number of pyridine rings is 1. The Hall–Kier alpha value is -3.72. The maximum atomic E-state index is 13.4. The smallest absolute Gasteiger partial charge is 0.314 e. The number of hydrogen-bond acceptors (Lipinski definition) is 5. The Kier molecular flexibility index (Phi) is 9.86. The number of nitrogens with zero attached hydrogens (tertiary/aromatic N) is 3. The Morgan fingerprint density at radius 1 is 1.00 bits per heavy atom. The molecule has 0 saturated heterocycles. The van der Waals surface area contributed by atoms with E-state index in [9.17, 15) is 14.9 Å². The highest BCUT2D eigenvalue weighted by Gasteiger charge is 2.41. The Bertz CT molecular complexity index is 1350. The van der Waals surface area contributed by atoms with Gasteiger partial charge in [0, 0.05) is 30.5 Å². The standard InChI is InChI=1S/C33H41N3O3/c1-7-10-15-30(37)36(23-33(8-2,9-3)31(38)39-32(4,5)6)22-24-16-18-28-25(20-24)17-19-29(35-28)27-14-12-11-13-26(27)21-34/h11-14,16-20H,7-10,15,22-23H2,1-6H3. The maximum absolute atomic E-state index is 13.4. The van der Waals surface area contributed by atoms with Gasteiger partial charge in [-0.05, 0) is 69.9 Å². The Labute approximate surface area is 233 Å². The number of carbonyl (C=O) groups is 2. The molecule has 0 aliphatic heterocycles. The molecule has 0 atom stereocenters. The van der Waals surface area contributed by atoms with Crippen molar-refractivity contribution in [1.29, 1.82) is 5.26 Å². The van der Waals surface area contributed by atoms with Crippen LogP contribution >= 0.6 is 0 Å². The van der Waals surface area contributed by atoms with Gasteiger partial charge >= 0.3 is 5.97 Å². The van der Waals surface area contributed by atoms with Crippen LogP contribution in [0.2, 0.25) is 0 Å². The first-order chi connectivity index (χ1) is 18.6. The summed E-state index contributed by atoms with van der Waals surface area (Å²) in [6, 6.07) is 19.6. The minimum absolute atomic E-state index is 0.0494. The van der Waals surface area contributed by atoms with E-state index in [1.165, 1.54) is 0 Å². The number of nitriles is 1. The van der Waals surface area contributed by atoms with Gasteiger partial charge in [0.05, 0.1) is 28.3 Å². The molecule has 206 valence electrons. The topological polar surface area (TPSA) is 83.3 Å². The summed E-state index contributed by atoms with van der Waals surface area (Å²) in [5, 5.41) is 10.4. The average molecular weight is 528 g/mol. The molecule has 39 heavy (non-hydrogen) atoms. The van der Waals surface area contributed by atoms with E-state index in [1.54, 1.807) is 6.07 Å². The van der Waals surface area contributed by atoms with Crippen molar-refractivity contribution < 1.29 is 14.3 Å². The van der Waals surface area contributed by atoms with Crippen molar-refractivity contribution in [3.63, 3.8) is 0 Å². The van der Waals surface area contributed by atoms with E-state index in [-0.39, 0.29) is 11.9 Å². The van der Waals surface area contributed by atoms with Crippen LogP contribution in [0.15, 0.2) is 54.6 Å². The van der Waals surface area contributed by atoms with Crippen molar-refractivity contribution in [3.05, 3.63) is 65.7 Å². The minimum Gasteiger partial charge on any atom is -0.459 e. The largest absolute Gasteiger partial charge is 0.459 e. The molecule has 0 bridgehead atoms. The molecule has 2 aromatic carbocycles. The Morgan fingerprint density at radius 3 is 2.36 bits per heavy atom. The molecule has 0 fully saturated rings. The fourth-order valence-corrected chi connectivity index (χ4v) is 4.74. The second-order valence-corrected chi connectivity index (χ2v) is 11.2. The highest BCUT2D eigenvalue weighted by atomic mass is 16.6. The number of rotatable bonds is 11. The number of carbonyl (C=O) groups excluding carboxylic acids is 2. The Morgan fingerprint density at radius 2 is 1.72 bits per heavy atom. The minimum atomic E-state index is -0.767. The first-order valence-electron chi connectivity index (χ1n) is 14.0. The molecule has 6 nitrogen and oxygen atoms in total. The molecule has 0 saturated carbocycles. The van der Waals surface area contributed by atoms with Gasteiger partial charge in [0.25, 0.3) is 0 Å². The molecule has 0 unspecified atom stereocenters. The van der Waals surface area contributed by atoms with E-state index in [0.717, 1.165) is 40.6 Å². The Balaban J connectivity index is 1.92. The molecule has 6 heteroatoms. The van der Waals surface area contributed by atoms with Gasteiger partial charge in [-0.3, -0.25) is 9.59 Å². The molecule has 1 amide bonds. The highest BCUT2D eigenvalue weighted by molar-refractivity contribution is 5.84. The van der Waals surface area contributed by atoms with Crippen molar-refractivity contribution in [1.82, 2.24) is 9.88 Å². The van der Waals surface area contributed by atoms with Crippen LogP contribution < -0.4 is 0 Å². The van der Waals surface area contributed by atoms with Crippen LogP contribution in [0, 0.1) is 16.7 Å². The molecular formula is C33H41N3O3. The fraction of sp³-hybridized carbons (Fsp3) is 0.455. The number of fused-ring (bicyclic) bond motifs is 1. The van der Waals surface area contributed by atoms with Gasteiger partial charge in [0.1, 0.15) is 5.60 Å². The quantitative estimate of drug-likeness (QED) is 0.242. The van der Waals surface area contributed by atoms with E-state index in [0.29, 0.717) is 37.9 Å². The van der Waals surface area contributed by atoms with E-state index in [1.807, 2.05) is 82.0 Å². The third-order valence-electron chi connectivity index (χ3n) is 7.23. The van der Waals surface area contributed by atoms with E-state index >= 15 is 0 Å². The summed E-state index contributed by atoms with van der Waals surface area (Å²) in [5.41, 5.74) is 2.57. The third-order valence-corrected chi connectivity index (χ3v) is 7.23. The molecule has 0 aliphatic rings. The first-order valence-corrected chi connectivity index (χ1v) is 14.0. The van der Waals surface area contributed by atoms with Crippen LogP contribution in [-0.4, -0.2) is 33.9 Å². The summed E-state index contributed by atoms with van der Waals surface area (Å²) >= 11 is 0. The van der Waals surface area contributed by atoms with Gasteiger partial charge in [-0.25, -0.2) is 4.98 Å². The zero-order chi connectivity index (χ0) is 28.6. The van der Waals surface area contributed by atoms with Crippen molar-refractivity contribution in [2.75, 3.05) is 6.54 Å². The fourth-order valence-electron chi connectivity index (χ4n) is 4.74. The number of hydrogen-bond donors (Lipinski definition) is 0. The summed E-state index contributed by atoms with van der Waals surface area (Å²) in [6.45, 7) is 12.4. The van der Waals surface area contributed by atoms with Gasteiger partial charge in [-0.15, -0.1) is 0 Å². The highest BCUT2D eigenvalue weighted by Crippen LogP contribution is 2.33. The van der Waals surface area contributed by atoms with Crippen LogP contribution in [0.5, 0.6) is 0 Å². The van der Waals surface area contributed by atoms with Gasteiger partial charge in [0.15, 0.2) is 0 Å². The molecule has 0 N–H and O–H groups in total. The number of esters is 1. The summed E-state index contributed by atoms with van der Waals surface area (Å²) < 4.78 is 5.81. The van der Waals surface area contributed by atoms with Gasteiger partial charge in [-0.1, -0.05) is 57.5 Å². The zero-order valence-electron chi connectivity index (χ0n) is 24.2. The SMILES string of the molecule is CCCCC(=O)N(Cc1ccc2nc(-c3ccccc3C#N)ccc2c1)CC(CC)(CC)C(=O)OC(C)(C)C. The predicted molar refractivity (Wildman–Crippen MR) is 156 cm³/mol. The summed E-state index contributed by atoms with van der Waals surface area (Å²) in [5.74, 6) is -0.199. The zero-order valence-corrected chi connectivity index (χ0v) is 24.2. The molecular weight excluding hydrogens is 486 g/mol. The maximum Gasteiger partial charge on any atom is 0.314 e. The molecule has 0 spiro atoms. The number of unbranched alkanes of at least 4 members (excludes halogenated alkanes) is 1. The van der Waals surface area contributed by atoms with Crippen LogP contribution in [0.4, 0.5) is 0 Å². The van der Waals surface area contributed by atoms with E-state index < -0.39 is 11.0 Å². The summed E-state index contributed by atoms with van der Waals surface area (Å²) in [4.78, 5) is 33.4. The number of amides is 1. The predicted octanol–water partition coefficient (Wildman–Crippen LogP) is 7.44. The van der Waals surface area contributed by atoms with Crippen LogP contribution in [0.3, 0.4) is 0 Å². The second-order valence-electron chi connectivity index (χ2n) is 11.2. The molecule has 0 radical (unpaired) electrons. The second kappa shape index (κ2) is 12.9. The molecule has 0 aliphatic carbocycles. The number of aromatic nitrogens is 1. The lowest BCUT2D eigenvalue weighted by Gasteiger charge is -2.37. The number of benzene rings is 2. The molecule has 3 rings (SSSR count). The van der Waals surface area contributed by atoms with E-state index in [4.69, 9.17) is 9.72 Å². The van der Waals surface area contributed by atoms with Crippen molar-refractivity contribution in [2.45, 2.75) is 85.8 Å². The van der Waals surface area contributed by atoms with Crippen molar-refractivity contribution >= 4 is 22.8 Å².